The Morgan fingerprint density at radius 1 is 0.902 bits per heavy atom. The lowest BCUT2D eigenvalue weighted by Gasteiger charge is -2.31. The summed E-state index contributed by atoms with van der Waals surface area (Å²) in [7, 11) is 1.65. The Hall–Kier alpha value is -6.17. The van der Waals surface area contributed by atoms with E-state index >= 15 is 0 Å². The molecule has 2 aromatic carbocycles. The van der Waals surface area contributed by atoms with Gasteiger partial charge in [0.2, 0.25) is 23.6 Å². The van der Waals surface area contributed by atoms with Crippen molar-refractivity contribution in [3.05, 3.63) is 89.5 Å². The Bertz CT molecular complexity index is 2110. The number of hydrogen-bond donors (Lipinski definition) is 5. The van der Waals surface area contributed by atoms with Gasteiger partial charge >= 0.3 is 5.97 Å². The number of aliphatic carboxylic acids is 1. The van der Waals surface area contributed by atoms with Gasteiger partial charge in [-0.25, -0.2) is 9.48 Å². The van der Waals surface area contributed by atoms with E-state index in [9.17, 15) is 29.1 Å². The molecule has 0 saturated carbocycles. The summed E-state index contributed by atoms with van der Waals surface area (Å²) in [5, 5.41) is 39.0. The molecule has 18 heteroatoms. The number of carboxylic acid groups (broad SMARTS) is 1. The van der Waals surface area contributed by atoms with E-state index in [1.54, 1.807) is 47.6 Å². The highest BCUT2D eigenvalue weighted by Gasteiger charge is 2.45. The molecule has 2 aromatic heterocycles. The monoisotopic (exact) mass is 839 g/mol. The number of amides is 4. The fraction of sp³-hybridized carbons (Fsp3) is 0.512. The second kappa shape index (κ2) is 20.9. The van der Waals surface area contributed by atoms with Crippen molar-refractivity contribution < 1.29 is 33.8 Å². The number of rotatable bonds is 8. The predicted octanol–water partition coefficient (Wildman–Crippen LogP) is 1.65. The molecule has 5 heterocycles. The van der Waals surface area contributed by atoms with Crippen molar-refractivity contribution in [2.45, 2.75) is 115 Å². The van der Waals surface area contributed by atoms with E-state index in [1.807, 2.05) is 56.6 Å². The van der Waals surface area contributed by atoms with E-state index in [-0.39, 0.29) is 37.6 Å². The molecule has 8 bridgehead atoms. The zero-order valence-corrected chi connectivity index (χ0v) is 35.2. The number of nitrogens with zero attached hydrogens (tertiary/aromatic N) is 7. The highest BCUT2D eigenvalue weighted by atomic mass is 16.5. The summed E-state index contributed by atoms with van der Waals surface area (Å²) in [5.41, 5.74) is 3.05. The van der Waals surface area contributed by atoms with Gasteiger partial charge in [-0.15, -0.1) is 10.2 Å². The molecule has 61 heavy (non-hydrogen) atoms. The van der Waals surface area contributed by atoms with Crippen molar-refractivity contribution in [3.8, 4) is 5.75 Å². The minimum Gasteiger partial charge on any atom is -0.494 e. The second-order valence-corrected chi connectivity index (χ2v) is 16.2. The van der Waals surface area contributed by atoms with Crippen LogP contribution in [0, 0.1) is 5.92 Å². The molecule has 0 radical (unpaired) electrons. The van der Waals surface area contributed by atoms with E-state index in [0.29, 0.717) is 37.3 Å². The van der Waals surface area contributed by atoms with Gasteiger partial charge in [0.15, 0.2) is 0 Å². The lowest BCUT2D eigenvalue weighted by atomic mass is 10.0. The Labute approximate surface area is 355 Å². The summed E-state index contributed by atoms with van der Waals surface area (Å²) in [6, 6.07) is 10.5. The summed E-state index contributed by atoms with van der Waals surface area (Å²) < 4.78 is 9.40. The number of carboxylic acids is 1. The van der Waals surface area contributed by atoms with E-state index in [4.69, 9.17) is 4.74 Å². The number of aromatic nitrogens is 6. The molecule has 3 aliphatic heterocycles. The number of likely N-dealkylation sites (tertiary alicyclic amines) is 1. The third-order valence-corrected chi connectivity index (χ3v) is 11.2. The number of hydrogen-bond acceptors (Lipinski definition) is 11. The zero-order chi connectivity index (χ0) is 43.5. The Morgan fingerprint density at radius 3 is 2.30 bits per heavy atom. The maximum absolute atomic E-state index is 14.5. The third kappa shape index (κ3) is 12.0. The lowest BCUT2D eigenvalue weighted by molar-refractivity contribution is -0.144. The number of carbonyl (C=O) groups is 5. The van der Waals surface area contributed by atoms with Gasteiger partial charge in [0.05, 0.1) is 30.1 Å². The molecule has 3 aliphatic rings. The number of benzene rings is 2. The molecular formula is C43H57N11O7. The Balaban J connectivity index is 1.30. The number of carbonyl (C=O) groups excluding carboxylic acids is 4. The largest absolute Gasteiger partial charge is 0.494 e. The molecular weight excluding hydrogens is 783 g/mol. The molecule has 0 spiro atoms. The first-order valence-corrected chi connectivity index (χ1v) is 21.1. The average molecular weight is 840 g/mol. The molecule has 1 saturated heterocycles. The van der Waals surface area contributed by atoms with Gasteiger partial charge in [-0.2, -0.15) is 0 Å². The highest BCUT2D eigenvalue weighted by molar-refractivity contribution is 5.96. The van der Waals surface area contributed by atoms with Gasteiger partial charge in [-0.05, 0) is 68.8 Å². The van der Waals surface area contributed by atoms with Crippen LogP contribution in [0.15, 0.2) is 67.0 Å². The summed E-state index contributed by atoms with van der Waals surface area (Å²) in [6.07, 6.45) is 7.75. The van der Waals surface area contributed by atoms with Crippen molar-refractivity contribution in [1.82, 2.24) is 56.2 Å². The molecule has 4 aromatic rings. The van der Waals surface area contributed by atoms with Crippen LogP contribution in [0.1, 0.15) is 75.0 Å². The van der Waals surface area contributed by atoms with Crippen LogP contribution in [0.2, 0.25) is 0 Å². The van der Waals surface area contributed by atoms with Crippen LogP contribution in [-0.2, 0) is 56.2 Å². The summed E-state index contributed by atoms with van der Waals surface area (Å²) in [6.45, 7) is 6.49. The maximum Gasteiger partial charge on any atom is 0.326 e. The first kappa shape index (κ1) is 44.4. The van der Waals surface area contributed by atoms with E-state index in [1.165, 1.54) is 4.90 Å². The van der Waals surface area contributed by atoms with Crippen molar-refractivity contribution in [2.24, 2.45) is 5.92 Å². The maximum atomic E-state index is 14.5. The minimum absolute atomic E-state index is 0.0249. The molecule has 0 aliphatic carbocycles. The number of ether oxygens (including phenoxy) is 1. The number of nitrogens with one attached hydrogen (secondary N) is 4. The highest BCUT2D eigenvalue weighted by Crippen LogP contribution is 2.29. The van der Waals surface area contributed by atoms with Crippen molar-refractivity contribution in [3.63, 3.8) is 0 Å². The van der Waals surface area contributed by atoms with Gasteiger partial charge in [-0.3, -0.25) is 23.9 Å². The van der Waals surface area contributed by atoms with Gasteiger partial charge in [0.1, 0.15) is 29.9 Å². The number of aryl methyl sites for hydroxylation is 3. The van der Waals surface area contributed by atoms with E-state index < -0.39 is 59.9 Å². The van der Waals surface area contributed by atoms with Gasteiger partial charge in [-0.1, -0.05) is 66.7 Å². The van der Waals surface area contributed by atoms with Crippen LogP contribution in [-0.4, -0.2) is 120 Å². The smallest absolute Gasteiger partial charge is 0.326 e. The standard InChI is InChI=1S/C43H57N11O7/c1-27(2)38(47-39(55)28(3)44-4)42(58)53-26-33-23-37(53)41(57)45-35(21-29-11-6-5-7-12-29)40(56)46-36(43(59)60)22-30-15-17-34(18-16-30)61-20-10-19-52-24-31(48-50-52)13-8-9-14-32-25-54(33)51-49-32/h5-7,11-12,15-18,24-25,27-28,33,35-38,44H,8-10,13-14,19-23,26H2,1-4H3,(H,45,57)(H,46,56)(H,47,55)(H,59,60)/t28-,33-,35-,36-,37-,38-/m0/s1. The topological polar surface area (TPSA) is 228 Å². The van der Waals surface area contributed by atoms with Crippen molar-refractivity contribution in [2.75, 3.05) is 20.2 Å². The molecule has 1 fully saturated rings. The summed E-state index contributed by atoms with van der Waals surface area (Å²) in [5.74, 6) is -3.07. The van der Waals surface area contributed by atoms with Crippen LogP contribution in [0.25, 0.3) is 0 Å². The second-order valence-electron chi connectivity index (χ2n) is 16.2. The minimum atomic E-state index is -1.32. The fourth-order valence-electron chi connectivity index (χ4n) is 7.55. The van der Waals surface area contributed by atoms with E-state index in [2.05, 4.69) is 41.9 Å². The van der Waals surface area contributed by atoms with Crippen molar-refractivity contribution in [1.29, 1.82) is 0 Å². The van der Waals surface area contributed by atoms with E-state index in [0.717, 1.165) is 36.2 Å². The van der Waals surface area contributed by atoms with Crippen LogP contribution < -0.4 is 26.0 Å². The first-order chi connectivity index (χ1) is 29.4. The molecule has 4 amide bonds. The Morgan fingerprint density at radius 2 is 1.61 bits per heavy atom. The molecule has 18 nitrogen and oxygen atoms in total. The molecule has 7 rings (SSSR count). The van der Waals surface area contributed by atoms with Crippen LogP contribution in [0.3, 0.4) is 0 Å². The predicted molar refractivity (Wildman–Crippen MR) is 223 cm³/mol. The fourth-order valence-corrected chi connectivity index (χ4v) is 7.55. The summed E-state index contributed by atoms with van der Waals surface area (Å²) in [4.78, 5) is 70.2. The molecule has 326 valence electrons. The van der Waals surface area contributed by atoms with Gasteiger partial charge < -0.3 is 36.0 Å². The number of fused-ring (bicyclic) bond motifs is 14. The average Bonchev–Trinajstić information content (AvgIpc) is 4.03. The Kier molecular flexibility index (Phi) is 15.2. The third-order valence-electron chi connectivity index (χ3n) is 11.2. The number of likely N-dealkylation sites (N-methyl/N-ethyl adjacent to an activating group) is 1. The first-order valence-electron chi connectivity index (χ1n) is 21.1. The molecule has 5 N–H and O–H groups in total. The van der Waals surface area contributed by atoms with Crippen molar-refractivity contribution >= 4 is 29.6 Å². The quantitative estimate of drug-likeness (QED) is 0.171. The van der Waals surface area contributed by atoms with Crippen LogP contribution >= 0.6 is 0 Å². The van der Waals surface area contributed by atoms with Crippen LogP contribution in [0.4, 0.5) is 0 Å². The SMILES string of the molecule is CN[C@@H](C)C(=O)N[C@H](C(=O)N1C[C@@H]2C[C@H]1C(=O)N[C@@H](Cc1ccccc1)C(=O)N[C@H](C(=O)O)Cc1ccc(cc1)OCCCn1cc(nn1)CCCCc1cn2nn1)C(C)C. The lowest BCUT2D eigenvalue weighted by Crippen LogP contribution is -2.59. The molecule has 6 atom stereocenters. The van der Waals surface area contributed by atoms with Gasteiger partial charge in [0.25, 0.3) is 0 Å². The molecule has 0 unspecified atom stereocenters. The van der Waals surface area contributed by atoms with Gasteiger partial charge in [0, 0.05) is 51.2 Å². The summed E-state index contributed by atoms with van der Waals surface area (Å²) >= 11 is 0. The van der Waals surface area contributed by atoms with Crippen LogP contribution in [0.5, 0.6) is 5.75 Å². The normalized spacial score (nSPS) is 21.6. The zero-order valence-electron chi connectivity index (χ0n) is 35.2.